The predicted molar refractivity (Wildman–Crippen MR) is 470 cm³/mol. The molecule has 13 aromatic rings. The average Bonchev–Trinajstić information content (AvgIpc) is 1.59. The number of anilines is 3. The lowest BCUT2D eigenvalue weighted by Gasteiger charge is -2.31. The fourth-order valence-electron chi connectivity index (χ4n) is 12.9. The Kier molecular flexibility index (Phi) is 31.9. The number of aromatic nitrogens is 15. The summed E-state index contributed by atoms with van der Waals surface area (Å²) in [5, 5.41) is 58.7. The SMILES string of the molecule is CCOP(=O)(OCC)/C(C#N)=C/c1ccc(-c2ccncc2)cc1.CNC(=O)/C(C#N)=C/C1CCN(c2ncnc3nc[nH]c23)CC1.CS(=O)(=O)/C(C#N)=C/c1cccc(C(=O)c2c[nH]c3ncccc23)c1.N#C/C(=C\c1nc2c(N)ncnc2n1CCCO)C(N)=O.[C-]#[N+]/C(=C\c1c(-c2ccc(C)cc2)c2c(N)ncnc2n1CCCO)c1ccccn1. The number of nitriles is 4. The second-order valence-electron chi connectivity index (χ2n) is 27.0. The first-order chi connectivity index (χ1) is 60.0. The molecule has 0 unspecified atom stereocenters. The molecular formula is C87H84N25O10PS. The van der Waals surface area contributed by atoms with E-state index in [0.29, 0.717) is 99.1 Å². The van der Waals surface area contributed by atoms with Crippen molar-refractivity contribution in [2.45, 2.75) is 59.5 Å². The number of imidazole rings is 2. The minimum Gasteiger partial charge on any atom is -0.396 e. The van der Waals surface area contributed by atoms with E-state index in [0.717, 1.165) is 88.0 Å². The molecule has 11 heterocycles. The molecule has 2 amide bonds. The molecule has 3 aromatic carbocycles. The Bertz CT molecular complexity index is 6570. The van der Waals surface area contributed by atoms with Crippen LogP contribution in [0.3, 0.4) is 0 Å². The number of likely N-dealkylation sites (N-methyl/N-ethyl adjacent to an activating group) is 1. The van der Waals surface area contributed by atoms with Crippen LogP contribution in [0, 0.1) is 64.7 Å². The van der Waals surface area contributed by atoms with Gasteiger partial charge in [-0.3, -0.25) is 28.9 Å². The van der Waals surface area contributed by atoms with Crippen molar-refractivity contribution >= 4 is 127 Å². The maximum absolute atomic E-state index is 12.8. The van der Waals surface area contributed by atoms with Crippen LogP contribution in [0.25, 0.3) is 101 Å². The van der Waals surface area contributed by atoms with E-state index in [2.05, 4.69) is 79.9 Å². The van der Waals surface area contributed by atoms with Crippen LogP contribution in [0.15, 0.2) is 199 Å². The predicted octanol–water partition coefficient (Wildman–Crippen LogP) is 11.7. The lowest BCUT2D eigenvalue weighted by molar-refractivity contribution is -0.116. The van der Waals surface area contributed by atoms with Gasteiger partial charge in [0.1, 0.15) is 93.1 Å². The smallest absolute Gasteiger partial charge is 0.371 e. The number of hydrogen-bond donors (Lipinski definition) is 8. The van der Waals surface area contributed by atoms with E-state index in [4.69, 9.17) is 53.7 Å². The fourth-order valence-corrected chi connectivity index (χ4v) is 14.8. The van der Waals surface area contributed by atoms with Crippen LogP contribution < -0.4 is 27.4 Å². The molecule has 628 valence electrons. The van der Waals surface area contributed by atoms with Crippen LogP contribution >= 0.6 is 7.60 Å². The van der Waals surface area contributed by atoms with Gasteiger partial charge in [0.2, 0.25) is 5.70 Å². The van der Waals surface area contributed by atoms with Gasteiger partial charge in [0.05, 0.1) is 37.2 Å². The first-order valence-corrected chi connectivity index (χ1v) is 41.8. The van der Waals surface area contributed by atoms with Crippen molar-refractivity contribution in [3.63, 3.8) is 0 Å². The van der Waals surface area contributed by atoms with Gasteiger partial charge >= 0.3 is 7.60 Å². The third-order valence-corrected chi connectivity index (χ3v) is 21.8. The number of piperidine rings is 1. The highest BCUT2D eigenvalue weighted by Crippen LogP contribution is 2.56. The molecule has 0 bridgehead atoms. The van der Waals surface area contributed by atoms with Gasteiger partial charge in [0.25, 0.3) is 11.8 Å². The van der Waals surface area contributed by atoms with Gasteiger partial charge < -0.3 is 65.8 Å². The molecule has 0 atom stereocenters. The number of benzene rings is 3. The highest BCUT2D eigenvalue weighted by molar-refractivity contribution is 7.95. The van der Waals surface area contributed by atoms with E-state index in [1.165, 1.54) is 38.2 Å². The van der Waals surface area contributed by atoms with E-state index in [1.54, 1.807) is 116 Å². The monoisotopic (exact) mass is 1700 g/mol. The number of aryl methyl sites for hydroxylation is 3. The van der Waals surface area contributed by atoms with Crippen molar-refractivity contribution in [2.24, 2.45) is 11.7 Å². The van der Waals surface area contributed by atoms with E-state index in [1.807, 2.05) is 109 Å². The fraction of sp³-hybridized carbons (Fsp3) is 0.207. The largest absolute Gasteiger partial charge is 0.396 e. The minimum absolute atomic E-state index is 0.00265. The summed E-state index contributed by atoms with van der Waals surface area (Å²) in [5.41, 5.74) is 29.6. The maximum Gasteiger partial charge on any atom is 0.371 e. The summed E-state index contributed by atoms with van der Waals surface area (Å²) in [6.45, 7) is 16.2. The van der Waals surface area contributed by atoms with E-state index < -0.39 is 23.3 Å². The zero-order valence-corrected chi connectivity index (χ0v) is 69.6. The topological polar surface area (TPSA) is 537 Å². The van der Waals surface area contributed by atoms with Gasteiger partial charge in [-0.15, -0.1) is 0 Å². The number of amides is 2. The summed E-state index contributed by atoms with van der Waals surface area (Å²) >= 11 is 0. The number of sulfone groups is 1. The summed E-state index contributed by atoms with van der Waals surface area (Å²) in [6, 6.07) is 42.3. The lowest BCUT2D eigenvalue weighted by atomic mass is 9.94. The Morgan fingerprint density at radius 2 is 1.36 bits per heavy atom. The number of rotatable bonds is 25. The van der Waals surface area contributed by atoms with E-state index >= 15 is 0 Å². The number of hydrogen-bond acceptors (Lipinski definition) is 28. The number of H-pyrrole nitrogens is 2. The van der Waals surface area contributed by atoms with Crippen molar-refractivity contribution in [1.29, 1.82) is 21.0 Å². The highest BCUT2D eigenvalue weighted by atomic mass is 32.2. The molecule has 0 saturated carbocycles. The van der Waals surface area contributed by atoms with Crippen molar-refractivity contribution in [3.05, 3.63) is 255 Å². The Balaban J connectivity index is 0.000000163. The molecule has 1 aliphatic rings. The molecule has 1 fully saturated rings. The Hall–Kier alpha value is -15.5. The van der Waals surface area contributed by atoms with Crippen LogP contribution in [-0.2, 0) is 46.1 Å². The van der Waals surface area contributed by atoms with Crippen molar-refractivity contribution in [3.8, 4) is 46.5 Å². The second-order valence-corrected chi connectivity index (χ2v) is 31.0. The Morgan fingerprint density at radius 1 is 0.702 bits per heavy atom. The van der Waals surface area contributed by atoms with E-state index in [-0.39, 0.29) is 71.2 Å². The molecule has 35 nitrogen and oxygen atoms in total. The van der Waals surface area contributed by atoms with Gasteiger partial charge in [-0.2, -0.15) is 21.0 Å². The average molecular weight is 1700 g/mol. The van der Waals surface area contributed by atoms with Gasteiger partial charge in [-0.1, -0.05) is 84.4 Å². The number of allylic oxidation sites excluding steroid dienone is 3. The quantitative estimate of drug-likeness (QED) is 0.00866. The number of carbonyl (C=O) groups excluding carboxylic acids is 3. The number of nitrogens with one attached hydrogen (secondary N) is 3. The van der Waals surface area contributed by atoms with Gasteiger partial charge in [0.15, 0.2) is 44.1 Å². The summed E-state index contributed by atoms with van der Waals surface area (Å²) in [5.74, 6) is 0.546. The number of nitrogens with zero attached hydrogens (tertiary/aromatic N) is 19. The maximum atomic E-state index is 12.8. The molecule has 0 radical (unpaired) electrons. The zero-order chi connectivity index (χ0) is 88.9. The number of pyridine rings is 3. The molecule has 11 N–H and O–H groups in total. The normalized spacial score (nSPS) is 12.6. The van der Waals surface area contributed by atoms with Crippen LogP contribution in [0.1, 0.15) is 89.4 Å². The summed E-state index contributed by atoms with van der Waals surface area (Å²) in [7, 11) is -5.66. The molecule has 124 heavy (non-hydrogen) atoms. The molecule has 1 aliphatic heterocycles. The first kappa shape index (κ1) is 90.9. The number of aliphatic hydroxyl groups is 2. The van der Waals surface area contributed by atoms with Crippen LogP contribution in [-0.4, -0.2) is 163 Å². The number of primary amides is 1. The van der Waals surface area contributed by atoms with Crippen molar-refractivity contribution in [2.75, 3.05) is 69.2 Å². The number of nitrogen functional groups attached to an aromatic ring is 2. The van der Waals surface area contributed by atoms with Crippen LogP contribution in [0.4, 0.5) is 17.5 Å². The summed E-state index contributed by atoms with van der Waals surface area (Å²) in [4.78, 5) is 93.1. The molecule has 0 aliphatic carbocycles. The Morgan fingerprint density at radius 3 is 1.99 bits per heavy atom. The third-order valence-electron chi connectivity index (χ3n) is 18.8. The highest BCUT2D eigenvalue weighted by Gasteiger charge is 2.31. The molecule has 10 aromatic heterocycles. The lowest BCUT2D eigenvalue weighted by Crippen LogP contribution is -2.34. The number of fused-ring (bicyclic) bond motifs is 4. The molecule has 14 rings (SSSR count). The van der Waals surface area contributed by atoms with Crippen molar-refractivity contribution < 1.29 is 46.6 Å². The van der Waals surface area contributed by atoms with E-state index in [9.17, 15) is 37.7 Å². The number of ketones is 1. The standard InChI is InChI=1S/C24H22N6O.C18H13N3O3S.C18H19N2O3P.C15H17N7O.C12H13N7O2/c1-16-7-9-17(10-8-16)21-20(14-19(26-2)18-6-3-4-11-27-18)30(12-5-13-31)24-22(21)23(25)28-15-29-24;1-25(23,24)14(10-19)9-12-4-2-5-13(8-12)17(22)16-11-21-18-15(16)6-3-7-20-18;1-3-22-24(21,23-4-2)18(14-19)13-15-5-7-16(8-6-15)17-9-11-20-12-10-17;1-17-15(23)11(7-16)6-10-2-4-22(5-3-10)14-12-13(19-8-18-12)20-9-21-14;13-5-7(11(15)21)4-8-18-9-10(14)16-6-17-12(9)19(8)2-1-3-20/h3-4,6-11,14-15,31H,5,12-13H2,1H3,(H2,25,28,29);2-9,11H,1H3,(H,20,21);5-13H,3-4H2,1-2H3;6,8-10H,2-5H2,1H3,(H,17,23)(H,18,19,20,21);4,6,20H,1-3H2,(H2,15,21)(H2,14,16,17)/b19-14-;14-9+;18-13+;11-6+;7-4+. The number of aliphatic hydroxyl groups excluding tert-OH is 2. The molecule has 37 heteroatoms. The minimum atomic E-state index is -3.62. The Labute approximate surface area is 712 Å². The first-order valence-electron chi connectivity index (χ1n) is 38.4. The van der Waals surface area contributed by atoms with Gasteiger partial charge in [0, 0.05) is 118 Å². The van der Waals surface area contributed by atoms with Crippen LogP contribution in [0.2, 0.25) is 0 Å². The number of aromatic amines is 2. The number of carbonyl (C=O) groups is 3. The van der Waals surface area contributed by atoms with Gasteiger partial charge in [-0.25, -0.2) is 58.1 Å². The van der Waals surface area contributed by atoms with Crippen LogP contribution in [0.5, 0.6) is 0 Å². The number of nitrogens with two attached hydrogens (primary N) is 3. The third kappa shape index (κ3) is 22.7. The molecule has 0 spiro atoms. The molecular weight excluding hydrogens is 1620 g/mol. The van der Waals surface area contributed by atoms with Crippen molar-refractivity contribution in [1.82, 2.24) is 79.2 Å². The zero-order valence-electron chi connectivity index (χ0n) is 67.9. The van der Waals surface area contributed by atoms with Gasteiger partial charge in [-0.05, 0) is 141 Å². The summed E-state index contributed by atoms with van der Waals surface area (Å²) < 4.78 is 49.9. The second kappa shape index (κ2) is 43.5. The molecule has 1 saturated heterocycles. The summed E-state index contributed by atoms with van der Waals surface area (Å²) in [6.07, 6.45) is 25.6.